The van der Waals surface area contributed by atoms with Crippen LogP contribution in [0.1, 0.15) is 60.0 Å². The second kappa shape index (κ2) is 9.57. The van der Waals surface area contributed by atoms with Crippen molar-refractivity contribution in [3.8, 4) is 0 Å². The average molecular weight is 479 g/mol. The Balaban J connectivity index is 1.17. The highest BCUT2D eigenvalue weighted by atomic mass is 16.2. The Hall–Kier alpha value is -3.40. The smallest absolute Gasteiger partial charge is 0.251 e. The Morgan fingerprint density at radius 3 is 1.89 bits per heavy atom. The van der Waals surface area contributed by atoms with Crippen LogP contribution < -0.4 is 10.6 Å². The summed E-state index contributed by atoms with van der Waals surface area (Å²) >= 11 is 0. The fourth-order valence-corrected chi connectivity index (χ4v) is 7.49. The summed E-state index contributed by atoms with van der Waals surface area (Å²) in [7, 11) is 0. The fraction of sp³-hybridized carbons (Fsp3) is 0.375. The predicted octanol–water partition coefficient (Wildman–Crippen LogP) is 6.13. The Kier molecular flexibility index (Phi) is 6.12. The van der Waals surface area contributed by atoms with E-state index in [2.05, 4.69) is 22.8 Å². The van der Waals surface area contributed by atoms with Gasteiger partial charge in [0.2, 0.25) is 5.91 Å². The molecule has 0 spiro atoms. The summed E-state index contributed by atoms with van der Waals surface area (Å²) < 4.78 is 0. The first kappa shape index (κ1) is 23.0. The first-order valence-electron chi connectivity index (χ1n) is 13.4. The van der Waals surface area contributed by atoms with E-state index < -0.39 is 6.04 Å². The summed E-state index contributed by atoms with van der Waals surface area (Å²) in [5.41, 5.74) is 4.11. The third-order valence-corrected chi connectivity index (χ3v) is 8.74. The van der Waals surface area contributed by atoms with Crippen molar-refractivity contribution in [1.29, 1.82) is 0 Å². The third-order valence-electron chi connectivity index (χ3n) is 8.74. The second-order valence-corrected chi connectivity index (χ2v) is 11.3. The maximum absolute atomic E-state index is 13.4. The first-order chi connectivity index (χ1) is 17.6. The molecule has 36 heavy (non-hydrogen) atoms. The molecular formula is C32H34N2O2. The van der Waals surface area contributed by atoms with Gasteiger partial charge in [0.1, 0.15) is 6.04 Å². The molecule has 184 valence electrons. The van der Waals surface area contributed by atoms with Crippen LogP contribution in [0.15, 0.2) is 84.9 Å². The number of amides is 2. The monoisotopic (exact) mass is 478 g/mol. The molecule has 3 aromatic carbocycles. The largest absolute Gasteiger partial charge is 0.340 e. The van der Waals surface area contributed by atoms with Crippen LogP contribution in [0.3, 0.4) is 0 Å². The van der Waals surface area contributed by atoms with Crippen molar-refractivity contribution in [2.45, 2.75) is 56.4 Å². The molecule has 2 amide bonds. The number of carbonyl (C=O) groups is 2. The van der Waals surface area contributed by atoms with Gasteiger partial charge >= 0.3 is 0 Å². The lowest BCUT2D eigenvalue weighted by Gasteiger charge is -2.57. The molecule has 4 nitrogen and oxygen atoms in total. The molecule has 4 fully saturated rings. The molecule has 0 aliphatic heterocycles. The van der Waals surface area contributed by atoms with Gasteiger partial charge in [-0.3, -0.25) is 9.59 Å². The molecule has 4 bridgehead atoms. The molecule has 0 saturated heterocycles. The molecule has 3 aromatic rings. The summed E-state index contributed by atoms with van der Waals surface area (Å²) in [5, 5.41) is 6.02. The van der Waals surface area contributed by atoms with Crippen LogP contribution in [0.2, 0.25) is 0 Å². The number of anilines is 1. The van der Waals surface area contributed by atoms with E-state index in [1.165, 1.54) is 44.1 Å². The second-order valence-electron chi connectivity index (χ2n) is 11.3. The zero-order valence-corrected chi connectivity index (χ0v) is 20.7. The Morgan fingerprint density at radius 1 is 0.750 bits per heavy atom. The minimum atomic E-state index is -0.678. The minimum Gasteiger partial charge on any atom is -0.340 e. The normalized spacial score (nSPS) is 26.8. The van der Waals surface area contributed by atoms with Gasteiger partial charge in [0, 0.05) is 17.7 Å². The Labute approximate surface area is 213 Å². The van der Waals surface area contributed by atoms with Crippen LogP contribution in [0.4, 0.5) is 5.69 Å². The molecule has 4 heteroatoms. The fourth-order valence-electron chi connectivity index (χ4n) is 7.49. The molecule has 1 atom stereocenters. The molecule has 4 aliphatic carbocycles. The molecule has 7 rings (SSSR count). The highest BCUT2D eigenvalue weighted by Gasteiger charge is 2.51. The standard InChI is InChI=1S/C32H34N2O2/c35-30(26-9-5-2-6-10-26)34-29(18-22-7-3-1-4-8-22)31(36)33-28-13-11-27(12-14-28)32-19-23-15-24(20-32)17-25(16-23)21-32/h1-14,23-25,29H,15-21H2,(H,33,36)(H,34,35). The number of rotatable bonds is 7. The SMILES string of the molecule is O=C(NC(Cc1ccccc1)C(=O)Nc1ccc(C23CC4CC(CC(C4)C2)C3)cc1)c1ccccc1. The Morgan fingerprint density at radius 2 is 1.31 bits per heavy atom. The highest BCUT2D eigenvalue weighted by molar-refractivity contribution is 6.01. The van der Waals surface area contributed by atoms with Gasteiger partial charge in [0.15, 0.2) is 0 Å². The van der Waals surface area contributed by atoms with Gasteiger partial charge in [-0.1, -0.05) is 60.7 Å². The van der Waals surface area contributed by atoms with Gasteiger partial charge in [-0.15, -0.1) is 0 Å². The molecule has 2 N–H and O–H groups in total. The van der Waals surface area contributed by atoms with Crippen molar-refractivity contribution >= 4 is 17.5 Å². The van der Waals surface area contributed by atoms with Gasteiger partial charge in [-0.25, -0.2) is 0 Å². The van der Waals surface area contributed by atoms with Gasteiger partial charge < -0.3 is 10.6 Å². The van der Waals surface area contributed by atoms with Crippen LogP contribution in [-0.2, 0) is 16.6 Å². The van der Waals surface area contributed by atoms with Crippen molar-refractivity contribution in [1.82, 2.24) is 5.32 Å². The van der Waals surface area contributed by atoms with Crippen LogP contribution in [0.5, 0.6) is 0 Å². The number of hydrogen-bond acceptors (Lipinski definition) is 2. The van der Waals surface area contributed by atoms with Crippen molar-refractivity contribution in [3.63, 3.8) is 0 Å². The molecular weight excluding hydrogens is 444 g/mol. The number of nitrogens with one attached hydrogen (secondary N) is 2. The zero-order chi connectivity index (χ0) is 24.5. The molecule has 4 saturated carbocycles. The predicted molar refractivity (Wildman–Crippen MR) is 143 cm³/mol. The summed E-state index contributed by atoms with van der Waals surface area (Å²) in [6.45, 7) is 0. The molecule has 0 radical (unpaired) electrons. The lowest BCUT2D eigenvalue weighted by Crippen LogP contribution is -2.48. The van der Waals surface area contributed by atoms with E-state index in [1.54, 1.807) is 12.1 Å². The average Bonchev–Trinajstić information content (AvgIpc) is 2.89. The number of carbonyl (C=O) groups excluding carboxylic acids is 2. The highest BCUT2D eigenvalue weighted by Crippen LogP contribution is 2.60. The minimum absolute atomic E-state index is 0.203. The Bertz CT molecular complexity index is 1180. The van der Waals surface area contributed by atoms with E-state index in [0.717, 1.165) is 29.0 Å². The van der Waals surface area contributed by atoms with Gasteiger partial charge in [0.25, 0.3) is 5.91 Å². The lowest BCUT2D eigenvalue weighted by molar-refractivity contribution is -0.118. The third kappa shape index (κ3) is 4.69. The topological polar surface area (TPSA) is 58.2 Å². The van der Waals surface area contributed by atoms with Crippen LogP contribution >= 0.6 is 0 Å². The summed E-state index contributed by atoms with van der Waals surface area (Å²) in [5.74, 6) is 2.27. The van der Waals surface area contributed by atoms with Crippen molar-refractivity contribution in [2.24, 2.45) is 17.8 Å². The van der Waals surface area contributed by atoms with Gasteiger partial charge in [-0.05, 0) is 97.1 Å². The van der Waals surface area contributed by atoms with E-state index in [0.29, 0.717) is 17.4 Å². The summed E-state index contributed by atoms with van der Waals surface area (Å²) in [4.78, 5) is 26.2. The number of hydrogen-bond donors (Lipinski definition) is 2. The molecule has 1 unspecified atom stereocenters. The van der Waals surface area contributed by atoms with E-state index in [-0.39, 0.29) is 11.8 Å². The first-order valence-corrected chi connectivity index (χ1v) is 13.4. The van der Waals surface area contributed by atoms with E-state index in [9.17, 15) is 9.59 Å². The lowest BCUT2D eigenvalue weighted by atomic mass is 9.48. The number of benzene rings is 3. The van der Waals surface area contributed by atoms with Gasteiger partial charge in [0.05, 0.1) is 0 Å². The van der Waals surface area contributed by atoms with Crippen molar-refractivity contribution < 1.29 is 9.59 Å². The quantitative estimate of drug-likeness (QED) is 0.429. The van der Waals surface area contributed by atoms with Crippen LogP contribution in [0.25, 0.3) is 0 Å². The zero-order valence-electron chi connectivity index (χ0n) is 20.7. The van der Waals surface area contributed by atoms with Crippen molar-refractivity contribution in [2.75, 3.05) is 5.32 Å². The molecule has 0 heterocycles. The van der Waals surface area contributed by atoms with E-state index >= 15 is 0 Å². The van der Waals surface area contributed by atoms with Crippen LogP contribution in [-0.4, -0.2) is 17.9 Å². The summed E-state index contributed by atoms with van der Waals surface area (Å²) in [6.07, 6.45) is 8.72. The molecule has 0 aromatic heterocycles. The van der Waals surface area contributed by atoms with E-state index in [4.69, 9.17) is 0 Å². The maximum atomic E-state index is 13.4. The van der Waals surface area contributed by atoms with Crippen molar-refractivity contribution in [3.05, 3.63) is 102 Å². The van der Waals surface area contributed by atoms with Gasteiger partial charge in [-0.2, -0.15) is 0 Å². The summed E-state index contributed by atoms with van der Waals surface area (Å²) in [6, 6.07) is 26.7. The maximum Gasteiger partial charge on any atom is 0.251 e. The van der Waals surface area contributed by atoms with Crippen LogP contribution in [0, 0.1) is 17.8 Å². The molecule has 4 aliphatic rings. The van der Waals surface area contributed by atoms with E-state index in [1.807, 2.05) is 60.7 Å².